The van der Waals surface area contributed by atoms with Gasteiger partial charge in [-0.15, -0.1) is 0 Å². The van der Waals surface area contributed by atoms with Crippen LogP contribution in [0.1, 0.15) is 12.5 Å². The summed E-state index contributed by atoms with van der Waals surface area (Å²) in [7, 11) is -4.24. The number of carboxylic acids is 1. The second-order valence-electron chi connectivity index (χ2n) is 4.38. The van der Waals surface area contributed by atoms with Crippen molar-refractivity contribution in [2.75, 3.05) is 0 Å². The maximum absolute atomic E-state index is 12.1. The van der Waals surface area contributed by atoms with Crippen LogP contribution in [0.4, 0.5) is 5.69 Å². The van der Waals surface area contributed by atoms with Crippen LogP contribution < -0.4 is 4.72 Å². The number of non-ortho nitro benzene ring substituents is 1. The molecular weight excluding hydrogens is 304 g/mol. The first-order valence-corrected chi connectivity index (χ1v) is 7.23. The molecule has 0 spiro atoms. The van der Waals surface area contributed by atoms with Crippen molar-refractivity contribution in [3.63, 3.8) is 0 Å². The van der Waals surface area contributed by atoms with Crippen LogP contribution in [0.2, 0.25) is 0 Å². The lowest BCUT2D eigenvalue weighted by Gasteiger charge is -2.17. The molecule has 0 aliphatic rings. The number of carbonyl (C=O) groups is 1. The molecule has 2 atom stereocenters. The van der Waals surface area contributed by atoms with Gasteiger partial charge in [0.2, 0.25) is 10.0 Å². The second-order valence-corrected chi connectivity index (χ2v) is 6.07. The first-order chi connectivity index (χ1) is 9.56. The zero-order chi connectivity index (χ0) is 16.4. The van der Waals surface area contributed by atoms with Crippen molar-refractivity contribution in [1.82, 2.24) is 4.72 Å². The molecule has 0 heterocycles. The summed E-state index contributed by atoms with van der Waals surface area (Å²) in [5.74, 6) is -1.53. The van der Waals surface area contributed by atoms with Crippen molar-refractivity contribution < 1.29 is 28.3 Å². The minimum atomic E-state index is -4.24. The van der Waals surface area contributed by atoms with E-state index >= 15 is 0 Å². The summed E-state index contributed by atoms with van der Waals surface area (Å²) in [6.07, 6.45) is -1.45. The van der Waals surface area contributed by atoms with Gasteiger partial charge in [-0.05, 0) is 25.5 Å². The Labute approximate surface area is 120 Å². The second kappa shape index (κ2) is 6.16. The third-order valence-electron chi connectivity index (χ3n) is 2.69. The first-order valence-electron chi connectivity index (χ1n) is 5.74. The van der Waals surface area contributed by atoms with Crippen molar-refractivity contribution >= 4 is 21.7 Å². The summed E-state index contributed by atoms with van der Waals surface area (Å²) in [6.45, 7) is 2.48. The van der Waals surface area contributed by atoms with E-state index in [0.29, 0.717) is 0 Å². The smallest absolute Gasteiger partial charge is 0.324 e. The van der Waals surface area contributed by atoms with Gasteiger partial charge in [0.15, 0.2) is 0 Å². The standard InChI is InChI=1S/C11H14N2O7S/c1-6-5-8(13(17)18)3-4-9(6)21(19,20)12-10(7(2)14)11(15)16/h3-5,7,10,12,14H,1-2H3,(H,15,16). The zero-order valence-corrected chi connectivity index (χ0v) is 12.0. The number of aliphatic hydroxyl groups excluding tert-OH is 1. The number of carboxylic acid groups (broad SMARTS) is 1. The van der Waals surface area contributed by atoms with E-state index in [1.807, 2.05) is 4.72 Å². The number of aliphatic carboxylic acids is 1. The molecule has 0 fully saturated rings. The molecule has 1 aromatic carbocycles. The van der Waals surface area contributed by atoms with Gasteiger partial charge in [0.05, 0.1) is 15.9 Å². The molecule has 3 N–H and O–H groups in total. The number of rotatable bonds is 6. The van der Waals surface area contributed by atoms with Crippen LogP contribution in [0.25, 0.3) is 0 Å². The summed E-state index contributed by atoms with van der Waals surface area (Å²) in [4.78, 5) is 20.5. The Bertz CT molecular complexity index is 669. The van der Waals surface area contributed by atoms with E-state index in [0.717, 1.165) is 25.1 Å². The Morgan fingerprint density at radius 3 is 2.38 bits per heavy atom. The monoisotopic (exact) mass is 318 g/mol. The maximum Gasteiger partial charge on any atom is 0.324 e. The quantitative estimate of drug-likeness (QED) is 0.494. The van der Waals surface area contributed by atoms with Crippen molar-refractivity contribution in [2.45, 2.75) is 30.9 Å². The van der Waals surface area contributed by atoms with Gasteiger partial charge in [0.25, 0.3) is 5.69 Å². The van der Waals surface area contributed by atoms with E-state index in [2.05, 4.69) is 0 Å². The predicted molar refractivity (Wildman–Crippen MR) is 71.3 cm³/mol. The van der Waals surface area contributed by atoms with Crippen molar-refractivity contribution in [2.24, 2.45) is 0 Å². The number of aliphatic hydroxyl groups is 1. The molecule has 2 unspecified atom stereocenters. The molecule has 0 saturated carbocycles. The van der Waals surface area contributed by atoms with Crippen LogP contribution in [0.5, 0.6) is 0 Å². The maximum atomic E-state index is 12.1. The normalized spacial score (nSPS) is 14.4. The molecule has 1 rings (SSSR count). The number of aryl methyl sites for hydroxylation is 1. The Morgan fingerprint density at radius 2 is 2.00 bits per heavy atom. The Balaban J connectivity index is 3.19. The lowest BCUT2D eigenvalue weighted by molar-refractivity contribution is -0.385. The van der Waals surface area contributed by atoms with Crippen molar-refractivity contribution in [3.05, 3.63) is 33.9 Å². The molecular formula is C11H14N2O7S. The highest BCUT2D eigenvalue weighted by atomic mass is 32.2. The molecule has 0 amide bonds. The fraction of sp³-hybridized carbons (Fsp3) is 0.364. The molecule has 9 nitrogen and oxygen atoms in total. The van der Waals surface area contributed by atoms with Crippen molar-refractivity contribution in [1.29, 1.82) is 0 Å². The fourth-order valence-corrected chi connectivity index (χ4v) is 3.12. The van der Waals surface area contributed by atoms with E-state index in [4.69, 9.17) is 5.11 Å². The number of benzene rings is 1. The number of nitrogens with one attached hydrogen (secondary N) is 1. The van der Waals surface area contributed by atoms with Gasteiger partial charge in [-0.25, -0.2) is 8.42 Å². The SMILES string of the molecule is Cc1cc([N+](=O)[O-])ccc1S(=O)(=O)NC(C(=O)O)C(C)O. The lowest BCUT2D eigenvalue weighted by atomic mass is 10.2. The third-order valence-corrected chi connectivity index (χ3v) is 4.29. The van der Waals surface area contributed by atoms with E-state index in [-0.39, 0.29) is 16.1 Å². The van der Waals surface area contributed by atoms with Crippen LogP contribution in [-0.2, 0) is 14.8 Å². The highest BCUT2D eigenvalue weighted by molar-refractivity contribution is 7.89. The zero-order valence-electron chi connectivity index (χ0n) is 11.2. The van der Waals surface area contributed by atoms with E-state index in [1.165, 1.54) is 6.92 Å². The minimum absolute atomic E-state index is 0.0893. The summed E-state index contributed by atoms with van der Waals surface area (Å²) in [6, 6.07) is 1.35. The minimum Gasteiger partial charge on any atom is -0.480 e. The van der Waals surface area contributed by atoms with Gasteiger partial charge in [-0.2, -0.15) is 4.72 Å². The number of hydrogen-bond donors (Lipinski definition) is 3. The fourth-order valence-electron chi connectivity index (χ4n) is 1.63. The molecule has 116 valence electrons. The van der Waals surface area contributed by atoms with E-state index in [9.17, 15) is 28.4 Å². The third kappa shape index (κ3) is 3.97. The van der Waals surface area contributed by atoms with Gasteiger partial charge in [-0.1, -0.05) is 0 Å². The number of nitrogens with zero attached hydrogens (tertiary/aromatic N) is 1. The van der Waals surface area contributed by atoms with Crippen LogP contribution in [0.3, 0.4) is 0 Å². The topological polar surface area (TPSA) is 147 Å². The molecule has 21 heavy (non-hydrogen) atoms. The number of sulfonamides is 1. The Morgan fingerprint density at radius 1 is 1.43 bits per heavy atom. The number of hydrogen-bond acceptors (Lipinski definition) is 6. The summed E-state index contributed by atoms with van der Waals surface area (Å²) in [5, 5.41) is 28.7. The van der Waals surface area contributed by atoms with Crippen LogP contribution >= 0.6 is 0 Å². The van der Waals surface area contributed by atoms with Gasteiger partial charge in [-0.3, -0.25) is 14.9 Å². The highest BCUT2D eigenvalue weighted by Crippen LogP contribution is 2.21. The van der Waals surface area contributed by atoms with Gasteiger partial charge < -0.3 is 10.2 Å². The van der Waals surface area contributed by atoms with Crippen LogP contribution in [-0.4, -0.2) is 41.7 Å². The highest BCUT2D eigenvalue weighted by Gasteiger charge is 2.30. The average molecular weight is 318 g/mol. The van der Waals surface area contributed by atoms with Crippen molar-refractivity contribution in [3.8, 4) is 0 Å². The number of nitro benzene ring substituents is 1. The number of nitro groups is 1. The molecule has 10 heteroatoms. The molecule has 0 aliphatic heterocycles. The van der Waals surface area contributed by atoms with Crippen LogP contribution in [0.15, 0.2) is 23.1 Å². The Kier molecular flexibility index (Phi) is 4.99. The van der Waals surface area contributed by atoms with Gasteiger partial charge in [0.1, 0.15) is 6.04 Å². The molecule has 0 saturated heterocycles. The molecule has 0 aromatic heterocycles. The van der Waals surface area contributed by atoms with Gasteiger partial charge >= 0.3 is 5.97 Å². The first kappa shape index (κ1) is 17.0. The van der Waals surface area contributed by atoms with E-state index < -0.39 is 33.1 Å². The van der Waals surface area contributed by atoms with E-state index in [1.54, 1.807) is 0 Å². The lowest BCUT2D eigenvalue weighted by Crippen LogP contribution is -2.47. The molecule has 0 bridgehead atoms. The largest absolute Gasteiger partial charge is 0.480 e. The molecule has 1 aromatic rings. The summed E-state index contributed by atoms with van der Waals surface area (Å²) in [5.41, 5.74) is -0.191. The average Bonchev–Trinajstić information content (AvgIpc) is 2.34. The molecule has 0 radical (unpaired) electrons. The predicted octanol–water partition coefficient (Wildman–Crippen LogP) is 0.0155. The summed E-state index contributed by atoms with van der Waals surface area (Å²) < 4.78 is 26.0. The molecule has 0 aliphatic carbocycles. The van der Waals surface area contributed by atoms with Crippen LogP contribution in [0, 0.1) is 17.0 Å². The summed E-state index contributed by atoms with van der Waals surface area (Å²) >= 11 is 0. The Hall–Kier alpha value is -2.04. The van der Waals surface area contributed by atoms with Gasteiger partial charge in [0, 0.05) is 12.1 Å².